The maximum absolute atomic E-state index is 9.14. The lowest BCUT2D eigenvalue weighted by molar-refractivity contribution is 0.361. The first kappa shape index (κ1) is 10.4. The zero-order valence-corrected chi connectivity index (χ0v) is 9.46. The zero-order valence-electron chi connectivity index (χ0n) is 9.46. The molecule has 86 valence electrons. The number of rotatable bonds is 1. The summed E-state index contributed by atoms with van der Waals surface area (Å²) in [5, 5.41) is 9.14. The first-order valence-electron chi connectivity index (χ1n) is 5.53. The fourth-order valence-electron chi connectivity index (χ4n) is 1.78. The number of fused-ring (bicyclic) bond motifs is 1. The minimum Gasteiger partial charge on any atom is -0.448 e. The Morgan fingerprint density at radius 2 is 1.39 bits per heavy atom. The molecule has 18 heavy (non-hydrogen) atoms. The molecule has 1 aliphatic rings. The molecule has 0 aromatic heterocycles. The quantitative estimate of drug-likeness (QED) is 0.761. The van der Waals surface area contributed by atoms with Gasteiger partial charge in [0, 0.05) is 5.56 Å². The van der Waals surface area contributed by atoms with Crippen molar-refractivity contribution < 1.29 is 9.47 Å². The monoisotopic (exact) mass is 235 g/mol. The van der Waals surface area contributed by atoms with E-state index in [0.29, 0.717) is 17.3 Å². The Kier molecular flexibility index (Phi) is 2.47. The van der Waals surface area contributed by atoms with Gasteiger partial charge in [-0.1, -0.05) is 42.5 Å². The molecule has 2 aromatic rings. The maximum Gasteiger partial charge on any atom is 0.247 e. The van der Waals surface area contributed by atoms with Crippen molar-refractivity contribution in [2.45, 2.75) is 0 Å². The smallest absolute Gasteiger partial charge is 0.247 e. The van der Waals surface area contributed by atoms with Crippen molar-refractivity contribution in [2.75, 3.05) is 0 Å². The van der Waals surface area contributed by atoms with Gasteiger partial charge in [0.1, 0.15) is 6.07 Å². The van der Waals surface area contributed by atoms with Gasteiger partial charge in [-0.15, -0.1) is 0 Å². The van der Waals surface area contributed by atoms with Gasteiger partial charge in [-0.2, -0.15) is 5.26 Å². The zero-order chi connectivity index (χ0) is 12.4. The number of benzene rings is 2. The summed E-state index contributed by atoms with van der Waals surface area (Å²) in [5.74, 6) is 1.82. The van der Waals surface area contributed by atoms with E-state index in [-0.39, 0.29) is 5.76 Å². The lowest BCUT2D eigenvalue weighted by atomic mass is 10.1. The van der Waals surface area contributed by atoms with E-state index in [4.69, 9.17) is 14.7 Å². The first-order valence-corrected chi connectivity index (χ1v) is 5.53. The summed E-state index contributed by atoms with van der Waals surface area (Å²) in [6.45, 7) is 0. The number of hydrogen-bond donors (Lipinski definition) is 0. The summed E-state index contributed by atoms with van der Waals surface area (Å²) in [7, 11) is 0. The molecule has 0 radical (unpaired) electrons. The van der Waals surface area contributed by atoms with Crippen molar-refractivity contribution in [2.24, 2.45) is 0 Å². The predicted molar refractivity (Wildman–Crippen MR) is 66.7 cm³/mol. The van der Waals surface area contributed by atoms with Crippen molar-refractivity contribution in [3.63, 3.8) is 0 Å². The third-order valence-electron chi connectivity index (χ3n) is 2.62. The van der Waals surface area contributed by atoms with E-state index < -0.39 is 0 Å². The van der Waals surface area contributed by atoms with Crippen LogP contribution < -0.4 is 9.47 Å². The number of para-hydroxylation sites is 2. The van der Waals surface area contributed by atoms with E-state index in [1.807, 2.05) is 54.6 Å². The first-order chi connectivity index (χ1) is 8.88. The lowest BCUT2D eigenvalue weighted by Gasteiger charge is -2.20. The third-order valence-corrected chi connectivity index (χ3v) is 2.62. The van der Waals surface area contributed by atoms with Crippen molar-refractivity contribution in [3.05, 3.63) is 65.9 Å². The molecule has 0 spiro atoms. The predicted octanol–water partition coefficient (Wildman–Crippen LogP) is 3.35. The van der Waals surface area contributed by atoms with Crippen LogP contribution in [0.2, 0.25) is 0 Å². The van der Waals surface area contributed by atoms with Crippen LogP contribution in [-0.4, -0.2) is 0 Å². The Hall–Kier alpha value is -2.73. The summed E-state index contributed by atoms with van der Waals surface area (Å²) < 4.78 is 11.3. The molecular weight excluding hydrogens is 226 g/mol. The largest absolute Gasteiger partial charge is 0.448 e. The topological polar surface area (TPSA) is 42.2 Å². The van der Waals surface area contributed by atoms with Crippen LogP contribution in [0.3, 0.4) is 0 Å². The molecule has 0 fully saturated rings. The Bertz CT molecular complexity index is 654. The van der Waals surface area contributed by atoms with Crippen LogP contribution in [0.4, 0.5) is 0 Å². The second-order valence-corrected chi connectivity index (χ2v) is 3.79. The minimum absolute atomic E-state index is 0.180. The van der Waals surface area contributed by atoms with E-state index in [1.165, 1.54) is 0 Å². The van der Waals surface area contributed by atoms with Crippen molar-refractivity contribution in [1.82, 2.24) is 0 Å². The standard InChI is InChI=1S/C15H9NO2/c16-10-14-15(11-6-2-1-3-7-11)18-13-9-5-4-8-12(13)17-14/h1-9H. The highest BCUT2D eigenvalue weighted by Crippen LogP contribution is 2.37. The van der Waals surface area contributed by atoms with Gasteiger partial charge < -0.3 is 9.47 Å². The van der Waals surface area contributed by atoms with Gasteiger partial charge in [0.15, 0.2) is 17.3 Å². The van der Waals surface area contributed by atoms with Gasteiger partial charge >= 0.3 is 0 Å². The minimum atomic E-state index is 0.180. The normalized spacial score (nSPS) is 13.1. The summed E-state index contributed by atoms with van der Waals surface area (Å²) >= 11 is 0. The van der Waals surface area contributed by atoms with Gasteiger partial charge in [-0.3, -0.25) is 0 Å². The van der Waals surface area contributed by atoms with Crippen LogP contribution >= 0.6 is 0 Å². The van der Waals surface area contributed by atoms with E-state index >= 15 is 0 Å². The van der Waals surface area contributed by atoms with E-state index in [0.717, 1.165) is 5.56 Å². The Morgan fingerprint density at radius 3 is 2.06 bits per heavy atom. The van der Waals surface area contributed by atoms with E-state index in [1.54, 1.807) is 6.07 Å². The van der Waals surface area contributed by atoms with Crippen molar-refractivity contribution in [1.29, 1.82) is 5.26 Å². The van der Waals surface area contributed by atoms with Crippen molar-refractivity contribution in [3.8, 4) is 17.6 Å². The fourth-order valence-corrected chi connectivity index (χ4v) is 1.78. The summed E-state index contributed by atoms with van der Waals surface area (Å²) in [4.78, 5) is 0. The van der Waals surface area contributed by atoms with Crippen LogP contribution in [0.5, 0.6) is 11.5 Å². The number of nitrogens with zero attached hydrogens (tertiary/aromatic N) is 1. The van der Waals surface area contributed by atoms with E-state index in [9.17, 15) is 0 Å². The van der Waals surface area contributed by atoms with Crippen molar-refractivity contribution >= 4 is 5.76 Å². The third kappa shape index (κ3) is 1.70. The Balaban J connectivity index is 2.09. The molecule has 2 aromatic carbocycles. The molecule has 1 aliphatic heterocycles. The van der Waals surface area contributed by atoms with Crippen LogP contribution in [0.15, 0.2) is 60.4 Å². The number of hydrogen-bond acceptors (Lipinski definition) is 3. The van der Waals surface area contributed by atoms with Gasteiger partial charge in [-0.25, -0.2) is 0 Å². The summed E-state index contributed by atoms with van der Waals surface area (Å²) in [5.41, 5.74) is 0.823. The molecule has 0 saturated carbocycles. The molecule has 0 atom stereocenters. The van der Waals surface area contributed by atoms with Crippen LogP contribution in [0.25, 0.3) is 5.76 Å². The molecular formula is C15H9NO2. The summed E-state index contributed by atoms with van der Waals surface area (Å²) in [6, 6.07) is 18.8. The molecule has 3 rings (SSSR count). The summed E-state index contributed by atoms with van der Waals surface area (Å²) in [6.07, 6.45) is 0. The average molecular weight is 235 g/mol. The molecule has 0 bridgehead atoms. The average Bonchev–Trinajstić information content (AvgIpc) is 2.46. The Labute approximate surface area is 105 Å². The maximum atomic E-state index is 9.14. The van der Waals surface area contributed by atoms with Gasteiger partial charge in [0.25, 0.3) is 0 Å². The second kappa shape index (κ2) is 4.27. The van der Waals surface area contributed by atoms with Crippen LogP contribution in [0, 0.1) is 11.3 Å². The molecule has 0 amide bonds. The molecule has 0 N–H and O–H groups in total. The highest BCUT2D eigenvalue weighted by atomic mass is 16.6. The highest BCUT2D eigenvalue weighted by Gasteiger charge is 2.22. The molecule has 3 heteroatoms. The Morgan fingerprint density at radius 1 is 0.778 bits per heavy atom. The van der Waals surface area contributed by atoms with Crippen LogP contribution in [-0.2, 0) is 0 Å². The number of allylic oxidation sites excluding steroid dienone is 1. The molecule has 3 nitrogen and oxygen atoms in total. The molecule has 0 unspecified atom stereocenters. The van der Waals surface area contributed by atoms with Gasteiger partial charge in [0.2, 0.25) is 5.76 Å². The molecule has 0 saturated heterocycles. The highest BCUT2D eigenvalue weighted by molar-refractivity contribution is 5.70. The molecule has 1 heterocycles. The van der Waals surface area contributed by atoms with Gasteiger partial charge in [-0.05, 0) is 12.1 Å². The van der Waals surface area contributed by atoms with E-state index in [2.05, 4.69) is 0 Å². The number of nitriles is 1. The lowest BCUT2D eigenvalue weighted by Crippen LogP contribution is -2.10. The SMILES string of the molecule is N#CC1=C(c2ccccc2)Oc2ccccc2O1. The number of ether oxygens (including phenoxy) is 2. The fraction of sp³-hybridized carbons (Fsp3) is 0. The second-order valence-electron chi connectivity index (χ2n) is 3.79. The molecule has 0 aliphatic carbocycles. The van der Waals surface area contributed by atoms with Gasteiger partial charge in [0.05, 0.1) is 0 Å². The van der Waals surface area contributed by atoms with Crippen LogP contribution in [0.1, 0.15) is 5.56 Å².